The van der Waals surface area contributed by atoms with E-state index in [1.54, 1.807) is 6.92 Å². The zero-order valence-corrected chi connectivity index (χ0v) is 12.2. The normalized spacial score (nSPS) is 23.0. The van der Waals surface area contributed by atoms with Gasteiger partial charge in [0.05, 0.1) is 5.69 Å². The highest BCUT2D eigenvalue weighted by molar-refractivity contribution is 5.51. The van der Waals surface area contributed by atoms with Crippen LogP contribution in [-0.4, -0.2) is 26.7 Å². The Kier molecular flexibility index (Phi) is 3.72. The molecule has 1 fully saturated rings. The Morgan fingerprint density at radius 3 is 2.77 bits per heavy atom. The average molecular weight is 313 g/mol. The van der Waals surface area contributed by atoms with Gasteiger partial charge in [-0.1, -0.05) is 0 Å². The van der Waals surface area contributed by atoms with Crippen molar-refractivity contribution in [1.29, 1.82) is 0 Å². The van der Waals surface area contributed by atoms with Gasteiger partial charge in [-0.2, -0.15) is 22.8 Å². The maximum absolute atomic E-state index is 13.0. The molecule has 3 rings (SSSR count). The molecule has 120 valence electrons. The third-order valence-electron chi connectivity index (χ3n) is 3.91. The summed E-state index contributed by atoms with van der Waals surface area (Å²) < 4.78 is 40.4. The maximum Gasteiger partial charge on any atom is 0.433 e. The minimum atomic E-state index is -4.49. The van der Waals surface area contributed by atoms with E-state index in [4.69, 9.17) is 5.73 Å². The number of aromatic nitrogens is 3. The number of hydrogen-bond donors (Lipinski definition) is 2. The Hall–Kier alpha value is -1.83. The van der Waals surface area contributed by atoms with E-state index in [1.165, 1.54) is 10.6 Å². The number of halogens is 3. The van der Waals surface area contributed by atoms with E-state index in [-0.39, 0.29) is 17.7 Å². The third kappa shape index (κ3) is 3.01. The summed E-state index contributed by atoms with van der Waals surface area (Å²) in [5.74, 6) is 0.310. The number of aryl methyl sites for hydroxylation is 1. The van der Waals surface area contributed by atoms with Gasteiger partial charge >= 0.3 is 6.18 Å². The monoisotopic (exact) mass is 313 g/mol. The summed E-state index contributed by atoms with van der Waals surface area (Å²) in [6.45, 7) is 1.72. The molecule has 5 nitrogen and oxygen atoms in total. The number of nitrogens with zero attached hydrogens (tertiary/aromatic N) is 3. The van der Waals surface area contributed by atoms with Crippen LogP contribution in [0.2, 0.25) is 0 Å². The van der Waals surface area contributed by atoms with Crippen LogP contribution in [0.1, 0.15) is 37.1 Å². The van der Waals surface area contributed by atoms with E-state index >= 15 is 0 Å². The van der Waals surface area contributed by atoms with Crippen LogP contribution in [0.3, 0.4) is 0 Å². The van der Waals surface area contributed by atoms with Crippen molar-refractivity contribution in [3.63, 3.8) is 0 Å². The van der Waals surface area contributed by atoms with Gasteiger partial charge in [-0.05, 0) is 32.6 Å². The van der Waals surface area contributed by atoms with Crippen LogP contribution >= 0.6 is 0 Å². The number of nitrogens with two attached hydrogens (primary N) is 1. The lowest BCUT2D eigenvalue weighted by Crippen LogP contribution is -2.35. The lowest BCUT2D eigenvalue weighted by molar-refractivity contribution is -0.141. The van der Waals surface area contributed by atoms with E-state index < -0.39 is 11.9 Å². The third-order valence-corrected chi connectivity index (χ3v) is 3.91. The second kappa shape index (κ2) is 5.42. The van der Waals surface area contributed by atoms with Gasteiger partial charge in [0.2, 0.25) is 0 Å². The molecule has 2 heterocycles. The molecule has 0 aromatic carbocycles. The zero-order chi connectivity index (χ0) is 15.9. The highest BCUT2D eigenvalue weighted by Crippen LogP contribution is 2.31. The molecular formula is C14H18F3N5. The lowest BCUT2D eigenvalue weighted by atomic mass is 9.92. The van der Waals surface area contributed by atoms with Crippen molar-refractivity contribution in [1.82, 2.24) is 14.6 Å². The molecule has 0 saturated heterocycles. The van der Waals surface area contributed by atoms with Gasteiger partial charge in [-0.3, -0.25) is 0 Å². The highest BCUT2D eigenvalue weighted by Gasteiger charge is 2.34. The van der Waals surface area contributed by atoms with E-state index in [9.17, 15) is 13.2 Å². The summed E-state index contributed by atoms with van der Waals surface area (Å²) in [6.07, 6.45) is -0.931. The molecule has 2 aromatic heterocycles. The molecule has 8 heteroatoms. The molecule has 1 aliphatic carbocycles. The predicted octanol–water partition coefficient (Wildman–Crippen LogP) is 2.74. The summed E-state index contributed by atoms with van der Waals surface area (Å²) in [4.78, 5) is 3.65. The van der Waals surface area contributed by atoms with Gasteiger partial charge < -0.3 is 11.1 Å². The van der Waals surface area contributed by atoms with Crippen molar-refractivity contribution in [2.45, 2.75) is 50.9 Å². The van der Waals surface area contributed by atoms with E-state index in [0.717, 1.165) is 31.7 Å². The topological polar surface area (TPSA) is 68.2 Å². The van der Waals surface area contributed by atoms with Gasteiger partial charge in [0.25, 0.3) is 0 Å². The van der Waals surface area contributed by atoms with Gasteiger partial charge in [-0.15, -0.1) is 0 Å². The van der Waals surface area contributed by atoms with Crippen molar-refractivity contribution in [3.05, 3.63) is 23.5 Å². The Labute approximate surface area is 125 Å². The standard InChI is InChI=1S/C14H18F3N5/c1-8-5-12-20-11(14(15,16)17)7-13(22(12)21-8)19-10-4-2-3-9(18)6-10/h5,7,9-10,19H,2-4,6,18H2,1H3/t9-,10+/m1/s1. The van der Waals surface area contributed by atoms with Crippen LogP contribution in [-0.2, 0) is 6.18 Å². The first kappa shape index (κ1) is 15.1. The molecule has 0 spiro atoms. The van der Waals surface area contributed by atoms with Crippen LogP contribution in [0.25, 0.3) is 5.65 Å². The minimum absolute atomic E-state index is 0.0555. The highest BCUT2D eigenvalue weighted by atomic mass is 19.4. The van der Waals surface area contributed by atoms with Crippen molar-refractivity contribution in [2.24, 2.45) is 5.73 Å². The van der Waals surface area contributed by atoms with Crippen LogP contribution in [0, 0.1) is 6.92 Å². The van der Waals surface area contributed by atoms with Gasteiger partial charge in [0.1, 0.15) is 5.82 Å². The molecule has 0 radical (unpaired) electrons. The fourth-order valence-electron chi connectivity index (χ4n) is 2.90. The number of fused-ring (bicyclic) bond motifs is 1. The van der Waals surface area contributed by atoms with Crippen molar-refractivity contribution in [3.8, 4) is 0 Å². The first-order valence-electron chi connectivity index (χ1n) is 7.29. The second-order valence-electron chi connectivity index (χ2n) is 5.85. The number of hydrogen-bond acceptors (Lipinski definition) is 4. The van der Waals surface area contributed by atoms with Gasteiger partial charge in [0.15, 0.2) is 11.3 Å². The van der Waals surface area contributed by atoms with Crippen molar-refractivity contribution < 1.29 is 13.2 Å². The molecule has 2 aromatic rings. The van der Waals surface area contributed by atoms with E-state index in [0.29, 0.717) is 11.5 Å². The fourth-order valence-corrected chi connectivity index (χ4v) is 2.90. The molecule has 3 N–H and O–H groups in total. The molecule has 0 aliphatic heterocycles. The maximum atomic E-state index is 13.0. The number of alkyl halides is 3. The molecule has 0 unspecified atom stereocenters. The summed E-state index contributed by atoms with van der Waals surface area (Å²) in [5, 5.41) is 7.37. The average Bonchev–Trinajstić information content (AvgIpc) is 2.78. The van der Waals surface area contributed by atoms with E-state index in [2.05, 4.69) is 15.4 Å². The zero-order valence-electron chi connectivity index (χ0n) is 12.2. The largest absolute Gasteiger partial charge is 0.433 e. The van der Waals surface area contributed by atoms with E-state index in [1.807, 2.05) is 0 Å². The van der Waals surface area contributed by atoms with Gasteiger partial charge in [0, 0.05) is 24.2 Å². The number of anilines is 1. The summed E-state index contributed by atoms with van der Waals surface area (Å²) in [5.41, 5.74) is 5.84. The predicted molar refractivity (Wildman–Crippen MR) is 76.6 cm³/mol. The second-order valence-corrected chi connectivity index (χ2v) is 5.85. The molecule has 0 amide bonds. The fraction of sp³-hybridized carbons (Fsp3) is 0.571. The van der Waals surface area contributed by atoms with Crippen LogP contribution in [0.4, 0.5) is 19.0 Å². The Balaban J connectivity index is 1.99. The van der Waals surface area contributed by atoms with Crippen LogP contribution < -0.4 is 11.1 Å². The van der Waals surface area contributed by atoms with Crippen LogP contribution in [0.15, 0.2) is 12.1 Å². The molecular weight excluding hydrogens is 295 g/mol. The molecule has 2 atom stereocenters. The molecule has 1 saturated carbocycles. The number of nitrogens with one attached hydrogen (secondary N) is 1. The molecule has 1 aliphatic rings. The Bertz CT molecular complexity index is 679. The molecule has 0 bridgehead atoms. The minimum Gasteiger partial charge on any atom is -0.367 e. The Morgan fingerprint density at radius 1 is 1.32 bits per heavy atom. The summed E-state index contributed by atoms with van der Waals surface area (Å²) in [7, 11) is 0. The Morgan fingerprint density at radius 2 is 2.09 bits per heavy atom. The smallest absolute Gasteiger partial charge is 0.367 e. The quantitative estimate of drug-likeness (QED) is 0.894. The first-order chi connectivity index (χ1) is 10.3. The summed E-state index contributed by atoms with van der Waals surface area (Å²) in [6, 6.07) is 2.69. The van der Waals surface area contributed by atoms with Crippen LogP contribution in [0.5, 0.6) is 0 Å². The number of rotatable bonds is 2. The van der Waals surface area contributed by atoms with Gasteiger partial charge in [-0.25, -0.2) is 4.98 Å². The summed E-state index contributed by atoms with van der Waals surface area (Å²) >= 11 is 0. The van der Waals surface area contributed by atoms with Crippen molar-refractivity contribution >= 4 is 11.5 Å². The molecule has 22 heavy (non-hydrogen) atoms. The lowest BCUT2D eigenvalue weighted by Gasteiger charge is -2.28. The first-order valence-corrected chi connectivity index (χ1v) is 7.29. The van der Waals surface area contributed by atoms with Crippen molar-refractivity contribution in [2.75, 3.05) is 5.32 Å². The SMILES string of the molecule is Cc1cc2nc(C(F)(F)F)cc(N[C@H]3CCC[C@@H](N)C3)n2n1.